The molecule has 26 heavy (non-hydrogen) atoms. The maximum absolute atomic E-state index is 12.7. The maximum Gasteiger partial charge on any atom is 0.325 e. The first-order valence-corrected chi connectivity index (χ1v) is 9.38. The van der Waals surface area contributed by atoms with Crippen molar-refractivity contribution in [2.24, 2.45) is 0 Å². The lowest BCUT2D eigenvalue weighted by atomic mass is 9.90. The number of esters is 1. The highest BCUT2D eigenvalue weighted by molar-refractivity contribution is 6.53. The maximum atomic E-state index is 12.7. The van der Waals surface area contributed by atoms with Crippen LogP contribution in [-0.2, 0) is 14.3 Å². The number of carbonyl (C=O) groups excluding carboxylic acids is 1. The van der Waals surface area contributed by atoms with Gasteiger partial charge in [-0.25, -0.2) is 0 Å². The molecule has 140 valence electrons. The molecule has 0 aromatic heterocycles. The number of rotatable bonds is 5. The minimum absolute atomic E-state index is 0.0380. The Hall–Kier alpha value is -0.910. The third-order valence-electron chi connectivity index (χ3n) is 4.02. The first kappa shape index (κ1) is 21.4. The fourth-order valence-corrected chi connectivity index (χ4v) is 4.32. The number of hydrogen-bond donors (Lipinski definition) is 1. The van der Waals surface area contributed by atoms with Crippen molar-refractivity contribution in [3.05, 3.63) is 56.0 Å². The van der Waals surface area contributed by atoms with Gasteiger partial charge in [0.1, 0.15) is 5.38 Å². The molecule has 2 rings (SSSR count). The highest BCUT2D eigenvalue weighted by Gasteiger charge is 2.51. The molecule has 3 unspecified atom stereocenters. The average Bonchev–Trinajstić information content (AvgIpc) is 2.62. The summed E-state index contributed by atoms with van der Waals surface area (Å²) >= 11 is 30.8. The van der Waals surface area contributed by atoms with Gasteiger partial charge in [0.15, 0.2) is 11.5 Å². The Balaban J connectivity index is 2.46. The first-order chi connectivity index (χ1) is 12.2. The van der Waals surface area contributed by atoms with Crippen LogP contribution in [0.3, 0.4) is 0 Å². The van der Waals surface area contributed by atoms with Crippen molar-refractivity contribution in [3.63, 3.8) is 0 Å². The van der Waals surface area contributed by atoms with Crippen LogP contribution < -0.4 is 0 Å². The summed E-state index contributed by atoms with van der Waals surface area (Å²) in [6.45, 7) is 1.65. The molecule has 0 spiro atoms. The predicted octanol–water partition coefficient (Wildman–Crippen LogP) is 5.55. The molecule has 0 radical (unpaired) electrons. The van der Waals surface area contributed by atoms with Crippen LogP contribution in [0, 0.1) is 0 Å². The van der Waals surface area contributed by atoms with Crippen molar-refractivity contribution in [2.45, 2.75) is 30.2 Å². The van der Waals surface area contributed by atoms with Gasteiger partial charge in [0.25, 0.3) is 0 Å². The number of allylic oxidation sites excluding steroid dienone is 2. The van der Waals surface area contributed by atoms with E-state index in [-0.39, 0.29) is 32.1 Å². The summed E-state index contributed by atoms with van der Waals surface area (Å²) in [5, 5.41) is 8.09. The Morgan fingerprint density at radius 2 is 1.73 bits per heavy atom. The van der Waals surface area contributed by atoms with Gasteiger partial charge in [-0.3, -0.25) is 9.59 Å². The van der Waals surface area contributed by atoms with Gasteiger partial charge in [-0.15, -0.1) is 11.6 Å². The van der Waals surface area contributed by atoms with Crippen molar-refractivity contribution in [3.8, 4) is 0 Å². The normalized spacial score (nSPS) is 24.5. The molecule has 0 saturated heterocycles. The van der Waals surface area contributed by atoms with Gasteiger partial charge in [-0.2, -0.15) is 0 Å². The van der Waals surface area contributed by atoms with Crippen LogP contribution >= 0.6 is 58.0 Å². The van der Waals surface area contributed by atoms with Gasteiger partial charge in [-0.05, 0) is 12.0 Å². The van der Waals surface area contributed by atoms with Gasteiger partial charge in [-0.1, -0.05) is 83.7 Å². The second kappa shape index (κ2) is 8.41. The van der Waals surface area contributed by atoms with E-state index in [2.05, 4.69) is 0 Å². The molecular formula is C17H13Cl5O4. The van der Waals surface area contributed by atoms with E-state index in [0.717, 1.165) is 0 Å². The Morgan fingerprint density at radius 1 is 1.15 bits per heavy atom. The number of hydrogen-bond acceptors (Lipinski definition) is 3. The minimum atomic E-state index is -1.63. The zero-order chi connectivity index (χ0) is 19.6. The number of carbonyl (C=O) groups is 2. The summed E-state index contributed by atoms with van der Waals surface area (Å²) in [6, 6.07) is 7.94. The summed E-state index contributed by atoms with van der Waals surface area (Å²) < 4.78 is 5.52. The molecule has 9 heteroatoms. The lowest BCUT2D eigenvalue weighted by Crippen LogP contribution is -2.47. The second-order valence-corrected chi connectivity index (χ2v) is 7.48. The minimum Gasteiger partial charge on any atom is -0.480 e. The quantitative estimate of drug-likeness (QED) is 0.357. The van der Waals surface area contributed by atoms with Crippen LogP contribution in [0.5, 0.6) is 0 Å². The summed E-state index contributed by atoms with van der Waals surface area (Å²) in [6.07, 6.45) is 0.101. The van der Waals surface area contributed by atoms with E-state index in [0.29, 0.717) is 0 Å². The molecule has 0 amide bonds. The van der Waals surface area contributed by atoms with Crippen molar-refractivity contribution < 1.29 is 19.4 Å². The smallest absolute Gasteiger partial charge is 0.325 e. The third-order valence-corrected chi connectivity index (χ3v) is 6.68. The molecule has 1 N–H and O–H groups in total. The van der Waals surface area contributed by atoms with Crippen LogP contribution in [0.15, 0.2) is 50.5 Å². The van der Waals surface area contributed by atoms with Crippen molar-refractivity contribution in [1.29, 1.82) is 0 Å². The third kappa shape index (κ3) is 3.71. The van der Waals surface area contributed by atoms with Crippen LogP contribution in [0.2, 0.25) is 0 Å². The van der Waals surface area contributed by atoms with Gasteiger partial charge >= 0.3 is 11.9 Å². The number of alkyl halides is 1. The molecule has 1 aromatic carbocycles. The Kier molecular flexibility index (Phi) is 6.92. The van der Waals surface area contributed by atoms with E-state index < -0.39 is 28.8 Å². The zero-order valence-electron chi connectivity index (χ0n) is 13.3. The van der Waals surface area contributed by atoms with E-state index >= 15 is 0 Å². The summed E-state index contributed by atoms with van der Waals surface area (Å²) in [5.74, 6) is -3.98. The average molecular weight is 459 g/mol. The highest BCUT2D eigenvalue weighted by Crippen LogP contribution is 2.50. The van der Waals surface area contributed by atoms with Gasteiger partial charge < -0.3 is 9.84 Å². The zero-order valence-corrected chi connectivity index (χ0v) is 17.1. The molecule has 0 fully saturated rings. The van der Waals surface area contributed by atoms with E-state index in [1.165, 1.54) is 12.1 Å². The van der Waals surface area contributed by atoms with E-state index in [1.807, 2.05) is 0 Å². The molecule has 0 bridgehead atoms. The van der Waals surface area contributed by atoms with Gasteiger partial charge in [0.05, 0.1) is 20.1 Å². The number of aliphatic carboxylic acids is 1. The number of carboxylic acids is 1. The fraction of sp³-hybridized carbons (Fsp3) is 0.294. The van der Waals surface area contributed by atoms with Crippen molar-refractivity contribution in [2.75, 3.05) is 0 Å². The first-order valence-electron chi connectivity index (χ1n) is 7.43. The molecule has 0 aliphatic heterocycles. The van der Waals surface area contributed by atoms with Crippen molar-refractivity contribution in [1.82, 2.24) is 0 Å². The number of benzene rings is 1. The highest BCUT2D eigenvalue weighted by atomic mass is 35.5. The Labute approximate surface area is 175 Å². The second-order valence-electron chi connectivity index (χ2n) is 5.50. The standard InChI is InChI=1S/C17H13Cl5O4/c1-2-17(13(21)11(19)10(18)12(20)14(17)22)26-16(25)9(15(23)24)8-6-4-3-5-7-8/h3-7,9,13H,2H2,1H3,(H,23,24). The molecule has 4 nitrogen and oxygen atoms in total. The summed E-state index contributed by atoms with van der Waals surface area (Å²) in [5.41, 5.74) is -1.38. The number of carboxylic acid groups (broad SMARTS) is 1. The fourth-order valence-electron chi connectivity index (χ4n) is 2.58. The lowest BCUT2D eigenvalue weighted by Gasteiger charge is -2.39. The monoisotopic (exact) mass is 456 g/mol. The molecule has 3 atom stereocenters. The topological polar surface area (TPSA) is 63.6 Å². The molecule has 0 heterocycles. The van der Waals surface area contributed by atoms with Crippen LogP contribution in [0.4, 0.5) is 0 Å². The van der Waals surface area contributed by atoms with Crippen LogP contribution in [-0.4, -0.2) is 28.0 Å². The Bertz CT molecular complexity index is 790. The lowest BCUT2D eigenvalue weighted by molar-refractivity contribution is -0.163. The van der Waals surface area contributed by atoms with Crippen LogP contribution in [0.25, 0.3) is 0 Å². The van der Waals surface area contributed by atoms with Crippen molar-refractivity contribution >= 4 is 69.9 Å². The van der Waals surface area contributed by atoms with E-state index in [4.69, 9.17) is 62.7 Å². The molecule has 1 aliphatic carbocycles. The Morgan fingerprint density at radius 3 is 2.23 bits per heavy atom. The molecule has 1 aliphatic rings. The SMILES string of the molecule is CCC1(OC(=O)C(C(=O)O)c2ccccc2)C(Cl)=C(Cl)C(Cl)=C(Cl)C1Cl. The predicted molar refractivity (Wildman–Crippen MR) is 103 cm³/mol. The molecular weight excluding hydrogens is 445 g/mol. The van der Waals surface area contributed by atoms with E-state index in [9.17, 15) is 14.7 Å². The largest absolute Gasteiger partial charge is 0.480 e. The number of ether oxygens (including phenoxy) is 1. The van der Waals surface area contributed by atoms with Gasteiger partial charge in [0, 0.05) is 0 Å². The van der Waals surface area contributed by atoms with E-state index in [1.54, 1.807) is 25.1 Å². The molecule has 1 aromatic rings. The summed E-state index contributed by atoms with van der Waals surface area (Å²) in [4.78, 5) is 24.4. The molecule has 0 saturated carbocycles. The summed E-state index contributed by atoms with van der Waals surface area (Å²) in [7, 11) is 0. The number of halogens is 5. The van der Waals surface area contributed by atoms with Gasteiger partial charge in [0.2, 0.25) is 0 Å². The van der Waals surface area contributed by atoms with Crippen LogP contribution in [0.1, 0.15) is 24.8 Å².